The van der Waals surface area contributed by atoms with Crippen molar-refractivity contribution in [1.29, 1.82) is 0 Å². The molecule has 110 valence electrons. The minimum atomic E-state index is 0.343. The lowest BCUT2D eigenvalue weighted by molar-refractivity contribution is 0.0394. The van der Waals surface area contributed by atoms with Gasteiger partial charge in [-0.1, -0.05) is 41.5 Å². The van der Waals surface area contributed by atoms with E-state index in [9.17, 15) is 0 Å². The van der Waals surface area contributed by atoms with Gasteiger partial charge < -0.3 is 14.8 Å². The molecule has 0 spiro atoms. The van der Waals surface area contributed by atoms with Crippen LogP contribution in [0.2, 0.25) is 0 Å². The molecule has 18 heavy (non-hydrogen) atoms. The van der Waals surface area contributed by atoms with Crippen molar-refractivity contribution < 1.29 is 9.47 Å². The maximum absolute atomic E-state index is 5.53. The molecule has 1 N–H and O–H groups in total. The molecule has 0 amide bonds. The van der Waals surface area contributed by atoms with Crippen LogP contribution in [0.25, 0.3) is 0 Å². The summed E-state index contributed by atoms with van der Waals surface area (Å²) in [4.78, 5) is 0. The minimum Gasteiger partial charge on any atom is -0.379 e. The van der Waals surface area contributed by atoms with E-state index < -0.39 is 0 Å². The van der Waals surface area contributed by atoms with Crippen molar-refractivity contribution in [3.8, 4) is 0 Å². The SMILES string of the molecule is CC(C)(C)CCOCCOCCNCC(C)(C)C. The zero-order valence-corrected chi connectivity index (χ0v) is 13.3. The summed E-state index contributed by atoms with van der Waals surface area (Å²) in [6.45, 7) is 18.3. The van der Waals surface area contributed by atoms with Crippen molar-refractivity contribution in [2.45, 2.75) is 48.0 Å². The van der Waals surface area contributed by atoms with Gasteiger partial charge in [0, 0.05) is 19.7 Å². The van der Waals surface area contributed by atoms with E-state index >= 15 is 0 Å². The zero-order valence-electron chi connectivity index (χ0n) is 13.3. The molecule has 0 aliphatic rings. The summed E-state index contributed by atoms with van der Waals surface area (Å²) in [5.41, 5.74) is 0.702. The van der Waals surface area contributed by atoms with Crippen LogP contribution in [0.3, 0.4) is 0 Å². The van der Waals surface area contributed by atoms with Crippen LogP contribution >= 0.6 is 0 Å². The average molecular weight is 259 g/mol. The summed E-state index contributed by atoms with van der Waals surface area (Å²) in [5, 5.41) is 3.38. The van der Waals surface area contributed by atoms with E-state index in [2.05, 4.69) is 46.9 Å². The summed E-state index contributed by atoms with van der Waals surface area (Å²) in [6, 6.07) is 0. The Hall–Kier alpha value is -0.120. The third kappa shape index (κ3) is 15.9. The Kier molecular flexibility index (Phi) is 8.83. The van der Waals surface area contributed by atoms with Crippen LogP contribution in [0.15, 0.2) is 0 Å². The molecule has 0 bridgehead atoms. The van der Waals surface area contributed by atoms with Gasteiger partial charge in [-0.3, -0.25) is 0 Å². The molecule has 3 nitrogen and oxygen atoms in total. The third-order valence-corrected chi connectivity index (χ3v) is 2.45. The van der Waals surface area contributed by atoms with Gasteiger partial charge in [0.2, 0.25) is 0 Å². The van der Waals surface area contributed by atoms with E-state index in [4.69, 9.17) is 9.47 Å². The Labute approximate surface area is 114 Å². The van der Waals surface area contributed by atoms with E-state index in [1.54, 1.807) is 0 Å². The molecule has 0 aromatic carbocycles. The lowest BCUT2D eigenvalue weighted by Gasteiger charge is -2.19. The van der Waals surface area contributed by atoms with Crippen molar-refractivity contribution in [2.75, 3.05) is 39.5 Å². The molecular formula is C15H33NO2. The summed E-state index contributed by atoms with van der Waals surface area (Å²) in [7, 11) is 0. The van der Waals surface area contributed by atoms with E-state index in [1.807, 2.05) is 0 Å². The molecule has 0 aliphatic carbocycles. The first-order valence-electron chi connectivity index (χ1n) is 7.07. The van der Waals surface area contributed by atoms with Crippen LogP contribution in [0.1, 0.15) is 48.0 Å². The molecule has 0 radical (unpaired) electrons. The van der Waals surface area contributed by atoms with E-state index in [0.29, 0.717) is 24.0 Å². The monoisotopic (exact) mass is 259 g/mol. The Balaban J connectivity index is 3.13. The molecular weight excluding hydrogens is 226 g/mol. The van der Waals surface area contributed by atoms with Crippen LogP contribution in [-0.4, -0.2) is 39.5 Å². The van der Waals surface area contributed by atoms with Gasteiger partial charge >= 0.3 is 0 Å². The largest absolute Gasteiger partial charge is 0.379 e. The predicted octanol–water partition coefficient (Wildman–Crippen LogP) is 3.09. The van der Waals surface area contributed by atoms with Crippen molar-refractivity contribution >= 4 is 0 Å². The average Bonchev–Trinajstić information content (AvgIpc) is 2.17. The first kappa shape index (κ1) is 17.9. The standard InChI is InChI=1S/C15H33NO2/c1-14(2,3)7-9-17-11-12-18-10-8-16-13-15(4,5)6/h16H,7-13H2,1-6H3. The van der Waals surface area contributed by atoms with Crippen LogP contribution in [0, 0.1) is 10.8 Å². The van der Waals surface area contributed by atoms with Crippen LogP contribution in [0.4, 0.5) is 0 Å². The highest BCUT2D eigenvalue weighted by Gasteiger charge is 2.09. The van der Waals surface area contributed by atoms with Gasteiger partial charge in [-0.05, 0) is 17.3 Å². The first-order chi connectivity index (χ1) is 8.21. The third-order valence-electron chi connectivity index (χ3n) is 2.45. The Morgan fingerprint density at radius 3 is 1.78 bits per heavy atom. The summed E-state index contributed by atoms with van der Waals surface area (Å²) in [5.74, 6) is 0. The molecule has 0 saturated carbocycles. The van der Waals surface area contributed by atoms with Gasteiger partial charge in [-0.2, -0.15) is 0 Å². The fourth-order valence-electron chi connectivity index (χ4n) is 1.31. The minimum absolute atomic E-state index is 0.343. The lowest BCUT2D eigenvalue weighted by Crippen LogP contribution is -2.29. The second-order valence-corrected chi connectivity index (χ2v) is 7.27. The lowest BCUT2D eigenvalue weighted by atomic mass is 9.93. The van der Waals surface area contributed by atoms with Gasteiger partial charge in [0.25, 0.3) is 0 Å². The summed E-state index contributed by atoms with van der Waals surface area (Å²) >= 11 is 0. The van der Waals surface area contributed by atoms with E-state index in [0.717, 1.165) is 32.7 Å². The molecule has 0 rings (SSSR count). The molecule has 0 aliphatic heterocycles. The maximum Gasteiger partial charge on any atom is 0.0701 e. The quantitative estimate of drug-likeness (QED) is 0.645. The fourth-order valence-corrected chi connectivity index (χ4v) is 1.31. The van der Waals surface area contributed by atoms with Crippen molar-refractivity contribution in [3.63, 3.8) is 0 Å². The van der Waals surface area contributed by atoms with Crippen LogP contribution < -0.4 is 5.32 Å². The van der Waals surface area contributed by atoms with Crippen molar-refractivity contribution in [1.82, 2.24) is 5.32 Å². The fraction of sp³-hybridized carbons (Fsp3) is 1.00. The molecule has 0 heterocycles. The molecule has 0 unspecified atom stereocenters. The first-order valence-corrected chi connectivity index (χ1v) is 7.07. The molecule has 0 saturated heterocycles. The Bertz CT molecular complexity index is 170. The van der Waals surface area contributed by atoms with Crippen molar-refractivity contribution in [2.24, 2.45) is 10.8 Å². The molecule has 3 heteroatoms. The van der Waals surface area contributed by atoms with E-state index in [1.165, 1.54) is 0 Å². The van der Waals surface area contributed by atoms with Gasteiger partial charge in [0.05, 0.1) is 19.8 Å². The highest BCUT2D eigenvalue weighted by atomic mass is 16.5. The molecule has 0 atom stereocenters. The smallest absolute Gasteiger partial charge is 0.0701 e. The van der Waals surface area contributed by atoms with Gasteiger partial charge in [-0.15, -0.1) is 0 Å². The second kappa shape index (κ2) is 8.89. The van der Waals surface area contributed by atoms with Gasteiger partial charge in [0.1, 0.15) is 0 Å². The van der Waals surface area contributed by atoms with Crippen LogP contribution in [-0.2, 0) is 9.47 Å². The molecule has 0 fully saturated rings. The van der Waals surface area contributed by atoms with Gasteiger partial charge in [-0.25, -0.2) is 0 Å². The topological polar surface area (TPSA) is 30.5 Å². The van der Waals surface area contributed by atoms with Crippen LogP contribution in [0.5, 0.6) is 0 Å². The number of nitrogens with one attached hydrogen (secondary N) is 1. The summed E-state index contributed by atoms with van der Waals surface area (Å²) < 4.78 is 11.0. The number of hydrogen-bond acceptors (Lipinski definition) is 3. The second-order valence-electron chi connectivity index (χ2n) is 7.27. The number of hydrogen-bond donors (Lipinski definition) is 1. The Morgan fingerprint density at radius 1 is 0.722 bits per heavy atom. The van der Waals surface area contributed by atoms with Crippen molar-refractivity contribution in [3.05, 3.63) is 0 Å². The molecule has 0 aromatic heterocycles. The highest BCUT2D eigenvalue weighted by Crippen LogP contribution is 2.17. The Morgan fingerprint density at radius 2 is 1.28 bits per heavy atom. The zero-order chi connectivity index (χ0) is 14.1. The summed E-state index contributed by atoms with van der Waals surface area (Å²) in [6.07, 6.45) is 1.10. The number of rotatable bonds is 9. The predicted molar refractivity (Wildman–Crippen MR) is 78.0 cm³/mol. The van der Waals surface area contributed by atoms with E-state index in [-0.39, 0.29) is 0 Å². The normalized spacial score (nSPS) is 13.0. The molecule has 0 aromatic rings. The highest BCUT2D eigenvalue weighted by molar-refractivity contribution is 4.64. The van der Waals surface area contributed by atoms with Gasteiger partial charge in [0.15, 0.2) is 0 Å². The maximum atomic E-state index is 5.53. The number of ether oxygens (including phenoxy) is 2.